The van der Waals surface area contributed by atoms with Gasteiger partial charge in [0.05, 0.1) is 33.9 Å². The van der Waals surface area contributed by atoms with Gasteiger partial charge < -0.3 is 4.90 Å². The summed E-state index contributed by atoms with van der Waals surface area (Å²) < 4.78 is 104. The monoisotopic (exact) mass is 827 g/mol. The maximum absolute atomic E-state index is 11.9. The maximum Gasteiger partial charge on any atom is 0.294 e. The lowest BCUT2D eigenvalue weighted by Crippen LogP contribution is -2.28. The van der Waals surface area contributed by atoms with Crippen LogP contribution in [0.4, 0.5) is 11.4 Å². The molecule has 18 heteroatoms. The molecular weight excluding hydrogens is 781 g/mol. The van der Waals surface area contributed by atoms with E-state index in [-0.39, 0.29) is 29.2 Å². The number of hydrogen-bond donors (Lipinski definition) is 4. The van der Waals surface area contributed by atoms with Crippen LogP contribution in [0.1, 0.15) is 71.4 Å². The van der Waals surface area contributed by atoms with Crippen LogP contribution in [-0.2, 0) is 50.6 Å². The second kappa shape index (κ2) is 17.3. The molecule has 0 radical (unpaired) electrons. The topological polar surface area (TPSA) is 208 Å². The van der Waals surface area contributed by atoms with E-state index >= 15 is 0 Å². The standard InChI is InChI=1S/C36H46N2O12S4/c1-26(14-19-34-35(2,3)29-24-27(51-50-49-39)15-17-31(29)38(34)21-9-11-23-53(43,44)45)12-6-7-13-33-36(4,5)30-25-28(54(46,47)48)16-18-32(30)37(33)20-8-10-22-52(40,41)42/h6-7,12-19,24-25H,8-11,20-23H2,1-5H3,(H3-,39,40,41,42,43,44,45,46,47,48)/p+1. The zero-order valence-corrected chi connectivity index (χ0v) is 33.9. The van der Waals surface area contributed by atoms with Gasteiger partial charge in [-0.3, -0.25) is 13.7 Å². The lowest BCUT2D eigenvalue weighted by atomic mass is 9.81. The van der Waals surface area contributed by atoms with Crippen molar-refractivity contribution in [2.45, 2.75) is 80.9 Å². The summed E-state index contributed by atoms with van der Waals surface area (Å²) in [6, 6.07) is 10.1. The van der Waals surface area contributed by atoms with Gasteiger partial charge >= 0.3 is 0 Å². The Labute approximate surface area is 321 Å². The first-order chi connectivity index (χ1) is 25.1. The van der Waals surface area contributed by atoms with Crippen molar-refractivity contribution in [3.05, 3.63) is 95.3 Å². The van der Waals surface area contributed by atoms with Crippen molar-refractivity contribution in [1.82, 2.24) is 0 Å². The smallest absolute Gasteiger partial charge is 0.294 e. The van der Waals surface area contributed by atoms with E-state index < -0.39 is 41.2 Å². The molecule has 14 nitrogen and oxygen atoms in total. The molecular formula is C36H47N2O12S4+. The number of fused-ring (bicyclic) bond motifs is 2. The van der Waals surface area contributed by atoms with Crippen molar-refractivity contribution >= 4 is 59.5 Å². The first-order valence-electron chi connectivity index (χ1n) is 17.0. The fraction of sp³-hybridized carbons (Fsp3) is 0.417. The minimum atomic E-state index is -4.45. The number of nitrogens with zero attached hydrogens (tertiary/aromatic N) is 2. The molecule has 0 amide bonds. The van der Waals surface area contributed by atoms with Crippen LogP contribution < -0.4 is 4.90 Å². The minimum Gasteiger partial charge on any atom is -0.344 e. The second-order valence-corrected chi connectivity index (χ2v) is 19.5. The first-order valence-corrected chi connectivity index (χ1v) is 22.4. The van der Waals surface area contributed by atoms with Gasteiger partial charge in [0.25, 0.3) is 30.4 Å². The zero-order chi connectivity index (χ0) is 40.1. The van der Waals surface area contributed by atoms with Gasteiger partial charge in [0, 0.05) is 52.4 Å². The number of benzene rings is 2. The van der Waals surface area contributed by atoms with Gasteiger partial charge in [0.15, 0.2) is 5.71 Å². The van der Waals surface area contributed by atoms with Gasteiger partial charge in [-0.05, 0) is 82.0 Å². The molecule has 0 saturated heterocycles. The predicted octanol–water partition coefficient (Wildman–Crippen LogP) is 6.81. The number of rotatable bonds is 18. The molecule has 0 spiro atoms. The Bertz CT molecular complexity index is 2220. The minimum absolute atomic E-state index is 0.224. The van der Waals surface area contributed by atoms with Gasteiger partial charge in [0.2, 0.25) is 5.69 Å². The molecule has 4 rings (SSSR count). The Morgan fingerprint density at radius 2 is 1.52 bits per heavy atom. The van der Waals surface area contributed by atoms with Crippen molar-refractivity contribution in [3.8, 4) is 0 Å². The fourth-order valence-electron chi connectivity index (χ4n) is 6.79. The summed E-state index contributed by atoms with van der Waals surface area (Å²) >= 11 is 0.854. The Balaban J connectivity index is 1.62. The summed E-state index contributed by atoms with van der Waals surface area (Å²) in [6.07, 6.45) is 13.0. The van der Waals surface area contributed by atoms with E-state index in [4.69, 9.17) is 5.26 Å². The van der Waals surface area contributed by atoms with Crippen LogP contribution in [-0.4, -0.2) is 79.1 Å². The van der Waals surface area contributed by atoms with E-state index in [1.165, 1.54) is 12.1 Å². The van der Waals surface area contributed by atoms with Gasteiger partial charge in [-0.1, -0.05) is 48.8 Å². The molecule has 2 aromatic carbocycles. The number of anilines is 1. The van der Waals surface area contributed by atoms with Crippen LogP contribution >= 0.6 is 12.0 Å². The summed E-state index contributed by atoms with van der Waals surface area (Å²) in [5.74, 6) is -0.708. The third-order valence-corrected chi connectivity index (χ3v) is 12.5. The second-order valence-electron chi connectivity index (χ2n) is 14.2. The van der Waals surface area contributed by atoms with Gasteiger partial charge in [-0.15, -0.1) is 4.33 Å². The molecule has 0 bridgehead atoms. The molecule has 0 unspecified atom stereocenters. The van der Waals surface area contributed by atoms with Crippen LogP contribution in [0, 0.1) is 0 Å². The van der Waals surface area contributed by atoms with E-state index in [9.17, 15) is 38.9 Å². The van der Waals surface area contributed by atoms with Gasteiger partial charge in [0.1, 0.15) is 6.54 Å². The summed E-state index contributed by atoms with van der Waals surface area (Å²) in [5.41, 5.74) is 4.88. The largest absolute Gasteiger partial charge is 0.344 e. The molecule has 54 heavy (non-hydrogen) atoms. The fourth-order valence-corrected chi connectivity index (χ4v) is 8.83. The molecule has 0 aliphatic carbocycles. The normalized spacial score (nSPS) is 18.1. The van der Waals surface area contributed by atoms with Crippen LogP contribution in [0.15, 0.2) is 93.9 Å². The van der Waals surface area contributed by atoms with Gasteiger partial charge in [-0.25, -0.2) is 5.26 Å². The zero-order valence-electron chi connectivity index (χ0n) is 30.7. The molecule has 2 aliphatic rings. The molecule has 4 N–H and O–H groups in total. The highest BCUT2D eigenvalue weighted by molar-refractivity contribution is 7.94. The molecule has 0 saturated carbocycles. The molecule has 2 aliphatic heterocycles. The summed E-state index contributed by atoms with van der Waals surface area (Å²) in [5, 5.41) is 12.4. The highest BCUT2D eigenvalue weighted by Crippen LogP contribution is 2.48. The number of hydrogen-bond acceptors (Lipinski definition) is 11. The molecule has 0 atom stereocenters. The lowest BCUT2D eigenvalue weighted by Gasteiger charge is -2.27. The Hall–Kier alpha value is -3.17. The number of allylic oxidation sites excluding steroid dienone is 8. The third-order valence-electron chi connectivity index (χ3n) is 9.48. The van der Waals surface area contributed by atoms with Crippen LogP contribution in [0.25, 0.3) is 0 Å². The average molecular weight is 828 g/mol. The highest BCUT2D eigenvalue weighted by atomic mass is 32.2. The Kier molecular flexibility index (Phi) is 14.0. The SMILES string of the molecule is CC(C=CC1=[N+](CCCCS(=O)(=O)O)c2ccc(SOOO)cc2C1(C)C)=CC=C/C=C1/N(CCCCS(=O)(=O)O)c2ccc(S(=O)(=O)O)cc2C1(C)C. The van der Waals surface area contributed by atoms with Crippen LogP contribution in [0.3, 0.4) is 0 Å². The predicted molar refractivity (Wildman–Crippen MR) is 208 cm³/mol. The molecule has 2 heterocycles. The van der Waals surface area contributed by atoms with Crippen molar-refractivity contribution in [1.29, 1.82) is 0 Å². The lowest BCUT2D eigenvalue weighted by molar-refractivity contribution is -0.438. The Morgan fingerprint density at radius 3 is 2.15 bits per heavy atom. The highest BCUT2D eigenvalue weighted by Gasteiger charge is 2.44. The van der Waals surface area contributed by atoms with Crippen molar-refractivity contribution in [2.24, 2.45) is 0 Å². The van der Waals surface area contributed by atoms with Gasteiger partial charge in [-0.2, -0.15) is 29.8 Å². The van der Waals surface area contributed by atoms with Crippen LogP contribution in [0.2, 0.25) is 0 Å². The van der Waals surface area contributed by atoms with E-state index in [0.29, 0.717) is 36.4 Å². The molecule has 2 aromatic rings. The third kappa shape index (κ3) is 11.0. The van der Waals surface area contributed by atoms with Crippen molar-refractivity contribution in [2.75, 3.05) is 29.5 Å². The first kappa shape index (κ1) is 43.6. The average Bonchev–Trinajstić information content (AvgIpc) is 3.41. The molecule has 0 fully saturated rings. The van der Waals surface area contributed by atoms with Crippen molar-refractivity contribution < 1.29 is 58.1 Å². The quantitative estimate of drug-likeness (QED) is 0.0232. The van der Waals surface area contributed by atoms with E-state index in [0.717, 1.165) is 46.0 Å². The maximum atomic E-state index is 11.9. The van der Waals surface area contributed by atoms with Crippen LogP contribution in [0.5, 0.6) is 0 Å². The van der Waals surface area contributed by atoms with E-state index in [1.807, 2.05) is 80.3 Å². The molecule has 0 aromatic heterocycles. The summed E-state index contributed by atoms with van der Waals surface area (Å²) in [6.45, 7) is 10.9. The Morgan fingerprint density at radius 1 is 0.852 bits per heavy atom. The molecule has 296 valence electrons. The van der Waals surface area contributed by atoms with E-state index in [2.05, 4.69) is 27.8 Å². The van der Waals surface area contributed by atoms with E-state index in [1.54, 1.807) is 6.07 Å². The van der Waals surface area contributed by atoms with Crippen molar-refractivity contribution in [3.63, 3.8) is 0 Å². The number of unbranched alkanes of at least 4 members (excludes halogenated alkanes) is 2. The summed E-state index contributed by atoms with van der Waals surface area (Å²) in [7, 11) is -12.6. The summed E-state index contributed by atoms with van der Waals surface area (Å²) in [4.78, 5) is 2.46.